The maximum absolute atomic E-state index is 13.9. The molecular weight excluding hydrogens is 512 g/mol. The standard InChI is InChI=1S/C31H32N2O7/c1-6-28(35)40-20-32-31(36)29(23-15-12-21(2)13-16-23)33(27(34)17-14-22-10-8-7-9-11-22)24-18-25(37-3)30(39-5)26(19-24)38-4/h7-13,15-16,18-19,29H,6,20H2,1-5H3,(H,32,36). The number of aryl methyl sites for hydroxylation is 1. The van der Waals surface area contributed by atoms with Crippen LogP contribution in [-0.4, -0.2) is 45.8 Å². The molecule has 0 radical (unpaired) electrons. The van der Waals surface area contributed by atoms with Gasteiger partial charge in [0.1, 0.15) is 6.04 Å². The van der Waals surface area contributed by atoms with Crippen LogP contribution in [0.4, 0.5) is 5.69 Å². The lowest BCUT2D eigenvalue weighted by atomic mass is 10.0. The largest absolute Gasteiger partial charge is 0.493 e. The zero-order chi connectivity index (χ0) is 29.1. The van der Waals surface area contributed by atoms with Crippen LogP contribution in [0, 0.1) is 18.8 Å². The van der Waals surface area contributed by atoms with Gasteiger partial charge in [-0.2, -0.15) is 0 Å². The molecule has 1 N–H and O–H groups in total. The van der Waals surface area contributed by atoms with Crippen LogP contribution in [0.2, 0.25) is 0 Å². The van der Waals surface area contributed by atoms with Gasteiger partial charge in [0.05, 0.1) is 27.0 Å². The molecule has 0 bridgehead atoms. The van der Waals surface area contributed by atoms with E-state index < -0.39 is 23.8 Å². The highest BCUT2D eigenvalue weighted by Gasteiger charge is 2.34. The maximum atomic E-state index is 13.9. The van der Waals surface area contributed by atoms with Crippen LogP contribution < -0.4 is 24.4 Å². The molecular formula is C31H32N2O7. The van der Waals surface area contributed by atoms with Gasteiger partial charge in [0, 0.05) is 30.0 Å². The number of anilines is 1. The first-order valence-corrected chi connectivity index (χ1v) is 12.5. The first kappa shape index (κ1) is 29.6. The summed E-state index contributed by atoms with van der Waals surface area (Å²) >= 11 is 0. The molecule has 0 heterocycles. The van der Waals surface area contributed by atoms with E-state index in [1.807, 2.05) is 37.3 Å². The van der Waals surface area contributed by atoms with Gasteiger partial charge in [-0.1, -0.05) is 60.9 Å². The summed E-state index contributed by atoms with van der Waals surface area (Å²) in [5, 5.41) is 2.61. The summed E-state index contributed by atoms with van der Waals surface area (Å²) in [4.78, 5) is 40.5. The number of esters is 1. The number of benzene rings is 3. The second-order valence-corrected chi connectivity index (χ2v) is 8.54. The van der Waals surface area contributed by atoms with Crippen molar-refractivity contribution >= 4 is 23.5 Å². The van der Waals surface area contributed by atoms with Gasteiger partial charge in [0.25, 0.3) is 0 Å². The minimum absolute atomic E-state index is 0.155. The Morgan fingerprint density at radius 3 is 2.08 bits per heavy atom. The first-order valence-electron chi connectivity index (χ1n) is 12.5. The molecule has 40 heavy (non-hydrogen) atoms. The summed E-state index contributed by atoms with van der Waals surface area (Å²) in [6.45, 7) is 3.20. The molecule has 9 heteroatoms. The van der Waals surface area contributed by atoms with E-state index in [1.165, 1.54) is 26.2 Å². The molecule has 0 aliphatic rings. The molecule has 9 nitrogen and oxygen atoms in total. The van der Waals surface area contributed by atoms with Crippen LogP contribution in [0.25, 0.3) is 0 Å². The number of ether oxygens (including phenoxy) is 4. The number of nitrogens with one attached hydrogen (secondary N) is 1. The Hall–Kier alpha value is -4.97. The predicted octanol–water partition coefficient (Wildman–Crippen LogP) is 4.17. The Labute approximate surface area is 234 Å². The van der Waals surface area contributed by atoms with Crippen molar-refractivity contribution in [2.45, 2.75) is 26.3 Å². The Morgan fingerprint density at radius 2 is 1.52 bits per heavy atom. The molecule has 0 aliphatic carbocycles. The molecule has 0 aromatic heterocycles. The van der Waals surface area contributed by atoms with Crippen molar-refractivity contribution < 1.29 is 33.3 Å². The number of amides is 2. The lowest BCUT2D eigenvalue weighted by Crippen LogP contribution is -2.44. The highest BCUT2D eigenvalue weighted by molar-refractivity contribution is 6.10. The fourth-order valence-electron chi connectivity index (χ4n) is 3.85. The number of hydrogen-bond donors (Lipinski definition) is 1. The van der Waals surface area contributed by atoms with Crippen LogP contribution in [-0.2, 0) is 19.1 Å². The minimum atomic E-state index is -1.19. The van der Waals surface area contributed by atoms with Gasteiger partial charge < -0.3 is 24.3 Å². The van der Waals surface area contributed by atoms with Crippen molar-refractivity contribution in [2.75, 3.05) is 33.0 Å². The molecule has 0 fully saturated rings. The van der Waals surface area contributed by atoms with Crippen molar-refractivity contribution in [3.63, 3.8) is 0 Å². The van der Waals surface area contributed by atoms with E-state index in [-0.39, 0.29) is 30.3 Å². The second kappa shape index (κ2) is 14.3. The molecule has 3 rings (SSSR count). The first-order chi connectivity index (χ1) is 19.3. The molecule has 1 unspecified atom stereocenters. The Morgan fingerprint density at radius 1 is 0.900 bits per heavy atom. The smallest absolute Gasteiger partial charge is 0.307 e. The van der Waals surface area contributed by atoms with E-state index in [0.29, 0.717) is 16.9 Å². The van der Waals surface area contributed by atoms with Gasteiger partial charge in [-0.15, -0.1) is 0 Å². The van der Waals surface area contributed by atoms with Gasteiger partial charge in [-0.05, 0) is 24.6 Å². The summed E-state index contributed by atoms with van der Waals surface area (Å²) in [7, 11) is 4.37. The third-order valence-electron chi connectivity index (χ3n) is 5.90. The van der Waals surface area contributed by atoms with E-state index in [1.54, 1.807) is 43.3 Å². The van der Waals surface area contributed by atoms with Crippen LogP contribution in [0.5, 0.6) is 17.2 Å². The lowest BCUT2D eigenvalue weighted by molar-refractivity contribution is -0.145. The number of rotatable bonds is 10. The van der Waals surface area contributed by atoms with Crippen LogP contribution in [0.1, 0.15) is 36.1 Å². The van der Waals surface area contributed by atoms with Gasteiger partial charge >= 0.3 is 11.9 Å². The molecule has 2 amide bonds. The van der Waals surface area contributed by atoms with Crippen molar-refractivity contribution in [3.05, 3.63) is 83.4 Å². The topological polar surface area (TPSA) is 103 Å². The van der Waals surface area contributed by atoms with Gasteiger partial charge in [0.15, 0.2) is 18.2 Å². The van der Waals surface area contributed by atoms with Gasteiger partial charge in [-0.3, -0.25) is 19.3 Å². The normalized spacial score (nSPS) is 10.8. The SMILES string of the molecule is CCC(=O)OCNC(=O)C(c1ccc(C)cc1)N(C(=O)C#Cc1ccccc1)c1cc(OC)c(OC)c(OC)c1. The fourth-order valence-corrected chi connectivity index (χ4v) is 3.85. The van der Waals surface area contributed by atoms with Crippen molar-refractivity contribution in [1.29, 1.82) is 0 Å². The van der Waals surface area contributed by atoms with Crippen molar-refractivity contribution in [3.8, 4) is 29.1 Å². The zero-order valence-electron chi connectivity index (χ0n) is 23.1. The summed E-state index contributed by atoms with van der Waals surface area (Å²) in [6, 6.07) is 18.1. The summed E-state index contributed by atoms with van der Waals surface area (Å²) in [6.07, 6.45) is 0.155. The summed E-state index contributed by atoms with van der Waals surface area (Å²) in [5.74, 6) is 4.69. The number of hydrogen-bond acceptors (Lipinski definition) is 7. The number of carbonyl (C=O) groups is 3. The Kier molecular flexibility index (Phi) is 10.5. The molecule has 3 aromatic rings. The average Bonchev–Trinajstić information content (AvgIpc) is 2.98. The monoisotopic (exact) mass is 544 g/mol. The summed E-state index contributed by atoms with van der Waals surface area (Å²) in [5.41, 5.74) is 2.37. The Balaban J connectivity index is 2.19. The quantitative estimate of drug-likeness (QED) is 0.232. The van der Waals surface area contributed by atoms with E-state index in [2.05, 4.69) is 17.2 Å². The molecule has 0 saturated heterocycles. The van der Waals surface area contributed by atoms with Crippen molar-refractivity contribution in [1.82, 2.24) is 5.32 Å². The van der Waals surface area contributed by atoms with Gasteiger partial charge in [-0.25, -0.2) is 0 Å². The van der Waals surface area contributed by atoms with Gasteiger partial charge in [0.2, 0.25) is 11.7 Å². The Bertz CT molecular complexity index is 1370. The van der Waals surface area contributed by atoms with Crippen LogP contribution in [0.3, 0.4) is 0 Å². The lowest BCUT2D eigenvalue weighted by Gasteiger charge is -2.30. The molecule has 0 spiro atoms. The number of carbonyl (C=O) groups excluding carboxylic acids is 3. The fraction of sp³-hybridized carbons (Fsp3) is 0.258. The van der Waals surface area contributed by atoms with E-state index in [9.17, 15) is 14.4 Å². The molecule has 1 atom stereocenters. The molecule has 208 valence electrons. The van der Waals surface area contributed by atoms with E-state index in [0.717, 1.165) is 5.56 Å². The minimum Gasteiger partial charge on any atom is -0.493 e. The highest BCUT2D eigenvalue weighted by Crippen LogP contribution is 2.42. The summed E-state index contributed by atoms with van der Waals surface area (Å²) < 4.78 is 21.5. The zero-order valence-corrected chi connectivity index (χ0v) is 23.1. The van der Waals surface area contributed by atoms with E-state index in [4.69, 9.17) is 18.9 Å². The van der Waals surface area contributed by atoms with Crippen LogP contribution >= 0.6 is 0 Å². The van der Waals surface area contributed by atoms with E-state index >= 15 is 0 Å². The number of nitrogens with zero attached hydrogens (tertiary/aromatic N) is 1. The second-order valence-electron chi connectivity index (χ2n) is 8.54. The molecule has 0 aliphatic heterocycles. The molecule has 0 saturated carbocycles. The predicted molar refractivity (Wildman–Crippen MR) is 150 cm³/mol. The maximum Gasteiger partial charge on any atom is 0.307 e. The third-order valence-corrected chi connectivity index (χ3v) is 5.90. The molecule has 3 aromatic carbocycles. The third kappa shape index (κ3) is 7.32. The average molecular weight is 545 g/mol. The number of methoxy groups -OCH3 is 3. The van der Waals surface area contributed by atoms with Crippen molar-refractivity contribution in [2.24, 2.45) is 0 Å². The highest BCUT2D eigenvalue weighted by atomic mass is 16.5. The van der Waals surface area contributed by atoms with Crippen LogP contribution in [0.15, 0.2) is 66.7 Å².